The Kier molecular flexibility index (Phi) is 3.39. The van der Waals surface area contributed by atoms with Gasteiger partial charge in [-0.15, -0.1) is 0 Å². The van der Waals surface area contributed by atoms with E-state index in [0.717, 1.165) is 28.3 Å². The monoisotopic (exact) mass is 246 g/mol. The van der Waals surface area contributed by atoms with Gasteiger partial charge in [0.05, 0.1) is 13.2 Å². The van der Waals surface area contributed by atoms with Gasteiger partial charge in [0.2, 0.25) is 0 Å². The zero-order valence-electron chi connectivity index (χ0n) is 11.2. The molecule has 1 unspecified atom stereocenters. The molecule has 4 nitrogen and oxygen atoms in total. The summed E-state index contributed by atoms with van der Waals surface area (Å²) in [5.41, 5.74) is 9.10. The number of aromatic nitrogens is 1. The average molecular weight is 246 g/mol. The molecule has 4 heteroatoms. The quantitative estimate of drug-likeness (QED) is 0.904. The lowest BCUT2D eigenvalue weighted by Crippen LogP contribution is -2.16. The van der Waals surface area contributed by atoms with Crippen LogP contribution in [-0.4, -0.2) is 12.1 Å². The Morgan fingerprint density at radius 3 is 2.56 bits per heavy atom. The fraction of sp³-hybridized carbons (Fsp3) is 0.357. The number of rotatable bonds is 3. The minimum absolute atomic E-state index is 0.335. The van der Waals surface area contributed by atoms with Crippen LogP contribution in [0.4, 0.5) is 0 Å². The van der Waals surface area contributed by atoms with E-state index in [2.05, 4.69) is 4.98 Å². The minimum atomic E-state index is -0.335. The standard InChI is InChI=1S/C14H18N2O2/c1-8-9(2)18-10(3)12(8)13(15)14-11(17-4)6-5-7-16-14/h5-7,13H,15H2,1-4H3. The summed E-state index contributed by atoms with van der Waals surface area (Å²) < 4.78 is 10.9. The van der Waals surface area contributed by atoms with Crippen molar-refractivity contribution < 1.29 is 9.15 Å². The summed E-state index contributed by atoms with van der Waals surface area (Å²) in [5, 5.41) is 0. The highest BCUT2D eigenvalue weighted by Crippen LogP contribution is 2.32. The first-order valence-electron chi connectivity index (χ1n) is 5.87. The summed E-state index contributed by atoms with van der Waals surface area (Å²) in [6.45, 7) is 5.87. The van der Waals surface area contributed by atoms with Crippen LogP contribution in [0.2, 0.25) is 0 Å². The van der Waals surface area contributed by atoms with Crippen molar-refractivity contribution in [3.63, 3.8) is 0 Å². The van der Waals surface area contributed by atoms with Crippen molar-refractivity contribution in [2.75, 3.05) is 7.11 Å². The van der Waals surface area contributed by atoms with E-state index in [4.69, 9.17) is 14.9 Å². The Hall–Kier alpha value is -1.81. The summed E-state index contributed by atoms with van der Waals surface area (Å²) in [6, 6.07) is 3.36. The smallest absolute Gasteiger partial charge is 0.142 e. The molecule has 2 aromatic heterocycles. The Morgan fingerprint density at radius 2 is 2.00 bits per heavy atom. The molecule has 0 saturated carbocycles. The number of nitrogens with zero attached hydrogens (tertiary/aromatic N) is 1. The fourth-order valence-electron chi connectivity index (χ4n) is 2.21. The third-order valence-electron chi connectivity index (χ3n) is 3.24. The lowest BCUT2D eigenvalue weighted by Gasteiger charge is -2.14. The van der Waals surface area contributed by atoms with Crippen molar-refractivity contribution in [1.29, 1.82) is 0 Å². The van der Waals surface area contributed by atoms with E-state index < -0.39 is 0 Å². The molecule has 0 aliphatic carbocycles. The van der Waals surface area contributed by atoms with E-state index >= 15 is 0 Å². The molecule has 0 radical (unpaired) electrons. The molecule has 18 heavy (non-hydrogen) atoms. The van der Waals surface area contributed by atoms with Gasteiger partial charge in [-0.1, -0.05) is 0 Å². The molecule has 2 rings (SSSR count). The minimum Gasteiger partial charge on any atom is -0.495 e. The lowest BCUT2D eigenvalue weighted by atomic mass is 9.99. The van der Waals surface area contributed by atoms with Crippen molar-refractivity contribution >= 4 is 0 Å². The van der Waals surface area contributed by atoms with Gasteiger partial charge in [-0.25, -0.2) is 0 Å². The first-order chi connectivity index (χ1) is 8.56. The Morgan fingerprint density at radius 1 is 1.28 bits per heavy atom. The molecule has 0 aromatic carbocycles. The molecule has 2 heterocycles. The summed E-state index contributed by atoms with van der Waals surface area (Å²) in [4.78, 5) is 4.33. The number of hydrogen-bond donors (Lipinski definition) is 1. The highest BCUT2D eigenvalue weighted by Gasteiger charge is 2.22. The third kappa shape index (κ3) is 1.99. The maximum Gasteiger partial charge on any atom is 0.142 e. The average Bonchev–Trinajstić information content (AvgIpc) is 2.62. The molecule has 2 aromatic rings. The first kappa shape index (κ1) is 12.6. The summed E-state index contributed by atoms with van der Waals surface area (Å²) in [5.74, 6) is 2.43. The zero-order chi connectivity index (χ0) is 13.3. The van der Waals surface area contributed by atoms with Gasteiger partial charge >= 0.3 is 0 Å². The number of nitrogens with two attached hydrogens (primary N) is 1. The van der Waals surface area contributed by atoms with Gasteiger partial charge in [0.25, 0.3) is 0 Å². The van der Waals surface area contributed by atoms with Gasteiger partial charge in [0.1, 0.15) is 23.0 Å². The van der Waals surface area contributed by atoms with Crippen molar-refractivity contribution in [2.45, 2.75) is 26.8 Å². The van der Waals surface area contributed by atoms with Crippen LogP contribution in [0.5, 0.6) is 5.75 Å². The number of methoxy groups -OCH3 is 1. The van der Waals surface area contributed by atoms with Gasteiger partial charge in [-0.3, -0.25) is 4.98 Å². The van der Waals surface area contributed by atoms with Crippen LogP contribution in [0.15, 0.2) is 22.7 Å². The summed E-state index contributed by atoms with van der Waals surface area (Å²) >= 11 is 0. The topological polar surface area (TPSA) is 61.3 Å². The van der Waals surface area contributed by atoms with Gasteiger partial charge in [-0.05, 0) is 38.5 Å². The van der Waals surface area contributed by atoms with Gasteiger partial charge in [-0.2, -0.15) is 0 Å². The molecule has 0 aliphatic rings. The van der Waals surface area contributed by atoms with Crippen LogP contribution in [0, 0.1) is 20.8 Å². The maximum atomic E-state index is 6.31. The molecule has 0 aliphatic heterocycles. The number of aryl methyl sites for hydroxylation is 2. The zero-order valence-corrected chi connectivity index (χ0v) is 11.2. The van der Waals surface area contributed by atoms with Crippen LogP contribution >= 0.6 is 0 Å². The molecule has 0 fully saturated rings. The molecule has 0 saturated heterocycles. The van der Waals surface area contributed by atoms with E-state index in [0.29, 0.717) is 5.75 Å². The van der Waals surface area contributed by atoms with E-state index in [9.17, 15) is 0 Å². The van der Waals surface area contributed by atoms with Gasteiger partial charge in [0.15, 0.2) is 0 Å². The Labute approximate surface area is 107 Å². The molecular formula is C14H18N2O2. The number of ether oxygens (including phenoxy) is 1. The van der Waals surface area contributed by atoms with Crippen LogP contribution in [0.1, 0.15) is 34.4 Å². The normalized spacial score (nSPS) is 12.5. The van der Waals surface area contributed by atoms with Gasteiger partial charge < -0.3 is 14.9 Å². The molecule has 2 N–H and O–H groups in total. The Balaban J connectivity index is 2.51. The number of furan rings is 1. The van der Waals surface area contributed by atoms with Crippen LogP contribution in [-0.2, 0) is 0 Å². The lowest BCUT2D eigenvalue weighted by molar-refractivity contribution is 0.404. The molecular weight excluding hydrogens is 228 g/mol. The second-order valence-electron chi connectivity index (χ2n) is 4.32. The van der Waals surface area contributed by atoms with Crippen molar-refractivity contribution in [2.24, 2.45) is 5.73 Å². The first-order valence-corrected chi connectivity index (χ1v) is 5.87. The summed E-state index contributed by atoms with van der Waals surface area (Å²) in [6.07, 6.45) is 1.72. The van der Waals surface area contributed by atoms with Crippen molar-refractivity contribution in [3.05, 3.63) is 46.7 Å². The molecule has 0 amide bonds. The molecule has 96 valence electrons. The van der Waals surface area contributed by atoms with Gasteiger partial charge in [0, 0.05) is 11.8 Å². The predicted molar refractivity (Wildman–Crippen MR) is 69.7 cm³/mol. The highest BCUT2D eigenvalue weighted by molar-refractivity contribution is 5.42. The SMILES string of the molecule is COc1cccnc1C(N)c1c(C)oc(C)c1C. The summed E-state index contributed by atoms with van der Waals surface area (Å²) in [7, 11) is 1.62. The van der Waals surface area contributed by atoms with E-state index in [1.165, 1.54) is 0 Å². The van der Waals surface area contributed by atoms with Crippen molar-refractivity contribution in [1.82, 2.24) is 4.98 Å². The van der Waals surface area contributed by atoms with E-state index in [-0.39, 0.29) is 6.04 Å². The second kappa shape index (κ2) is 4.82. The molecule has 1 atom stereocenters. The van der Waals surface area contributed by atoms with Crippen LogP contribution < -0.4 is 10.5 Å². The predicted octanol–water partition coefficient (Wildman–Crippen LogP) is 2.66. The van der Waals surface area contributed by atoms with Crippen LogP contribution in [0.25, 0.3) is 0 Å². The Bertz CT molecular complexity index is 561. The van der Waals surface area contributed by atoms with Crippen molar-refractivity contribution in [3.8, 4) is 5.75 Å². The third-order valence-corrected chi connectivity index (χ3v) is 3.24. The molecule has 0 bridgehead atoms. The number of pyridine rings is 1. The van der Waals surface area contributed by atoms with E-state index in [1.807, 2.05) is 32.9 Å². The maximum absolute atomic E-state index is 6.31. The molecule has 0 spiro atoms. The number of hydrogen-bond acceptors (Lipinski definition) is 4. The highest BCUT2D eigenvalue weighted by atomic mass is 16.5. The fourth-order valence-corrected chi connectivity index (χ4v) is 2.21. The van der Waals surface area contributed by atoms with E-state index in [1.54, 1.807) is 13.3 Å². The second-order valence-corrected chi connectivity index (χ2v) is 4.32. The largest absolute Gasteiger partial charge is 0.495 e. The van der Waals surface area contributed by atoms with Crippen LogP contribution in [0.3, 0.4) is 0 Å².